The molecular weight excluding hydrogens is 472 g/mol. The highest BCUT2D eigenvalue weighted by atomic mass is 16.7. The summed E-state index contributed by atoms with van der Waals surface area (Å²) in [4.78, 5) is 0. The second kappa shape index (κ2) is 11.2. The van der Waals surface area contributed by atoms with Gasteiger partial charge in [-0.25, -0.2) is 0 Å². The van der Waals surface area contributed by atoms with Crippen LogP contribution in [0.3, 0.4) is 0 Å². The molecule has 0 aromatic rings. The van der Waals surface area contributed by atoms with Crippen molar-refractivity contribution in [2.24, 2.45) is 0 Å². The van der Waals surface area contributed by atoms with E-state index in [9.17, 15) is 56.2 Å². The van der Waals surface area contributed by atoms with Crippen LogP contribution in [0, 0.1) is 0 Å². The predicted molar refractivity (Wildman–Crippen MR) is 101 cm³/mol. The molecule has 3 fully saturated rings. The fraction of sp³-hybridized carbons (Fsp3) is 1.00. The van der Waals surface area contributed by atoms with E-state index in [1.54, 1.807) is 0 Å². The van der Waals surface area contributed by atoms with Crippen molar-refractivity contribution in [3.63, 3.8) is 0 Å². The largest absolute Gasteiger partial charge is 0.394 e. The topological polar surface area (TPSA) is 269 Å². The Hall–Kier alpha value is -0.640. The minimum Gasteiger partial charge on any atom is -0.394 e. The lowest BCUT2D eigenvalue weighted by molar-refractivity contribution is -0.344. The van der Waals surface area contributed by atoms with Gasteiger partial charge >= 0.3 is 0 Å². The maximum atomic E-state index is 10.2. The number of aliphatic hydroxyl groups excluding tert-OH is 9. The normalized spacial score (nSPS) is 49.7. The van der Waals surface area contributed by atoms with Crippen LogP contribution < -0.4 is 0 Å². The van der Waals surface area contributed by atoms with E-state index in [1.807, 2.05) is 0 Å². The van der Waals surface area contributed by atoms with Gasteiger partial charge in [0.2, 0.25) is 5.79 Å². The monoisotopic (exact) mass is 504 g/mol. The lowest BCUT2D eigenvalue weighted by Crippen LogP contribution is -2.63. The molecule has 3 saturated heterocycles. The van der Waals surface area contributed by atoms with Gasteiger partial charge in [-0.05, 0) is 0 Å². The van der Waals surface area contributed by atoms with Gasteiger partial charge in [-0.1, -0.05) is 0 Å². The van der Waals surface area contributed by atoms with Crippen molar-refractivity contribution in [3.8, 4) is 0 Å². The minimum atomic E-state index is -2.68. The first-order valence-electron chi connectivity index (χ1n) is 10.5. The van der Waals surface area contributed by atoms with Crippen LogP contribution in [0.1, 0.15) is 0 Å². The number of hydrogen-bond acceptors (Lipinski definition) is 16. The lowest BCUT2D eigenvalue weighted by Gasteiger charge is -2.43. The molecule has 16 heteroatoms. The third-order valence-electron chi connectivity index (χ3n) is 6.05. The smallest absolute Gasteiger partial charge is 0.216 e. The van der Waals surface area contributed by atoms with Crippen LogP contribution in [0.25, 0.3) is 0 Å². The van der Waals surface area contributed by atoms with Crippen molar-refractivity contribution < 1.29 is 79.9 Å². The van der Waals surface area contributed by atoms with Crippen LogP contribution in [0.5, 0.6) is 0 Å². The number of hydrogen-bond donors (Lipinski definition) is 11. The van der Waals surface area contributed by atoms with Gasteiger partial charge in [0.15, 0.2) is 12.6 Å². The van der Waals surface area contributed by atoms with Crippen molar-refractivity contribution in [3.05, 3.63) is 0 Å². The Balaban J connectivity index is 1.57. The zero-order valence-electron chi connectivity index (χ0n) is 17.8. The lowest BCUT2D eigenvalue weighted by atomic mass is 9.97. The molecule has 0 amide bonds. The van der Waals surface area contributed by atoms with E-state index in [0.717, 1.165) is 0 Å². The highest BCUT2D eigenvalue weighted by Crippen LogP contribution is 2.27. The van der Waals surface area contributed by atoms with Crippen LogP contribution >= 0.6 is 0 Å². The molecule has 0 radical (unpaired) electrons. The Morgan fingerprint density at radius 3 is 1.62 bits per heavy atom. The first-order valence-corrected chi connectivity index (χ1v) is 10.5. The highest BCUT2D eigenvalue weighted by molar-refractivity contribution is 4.93. The van der Waals surface area contributed by atoms with Gasteiger partial charge in [0.25, 0.3) is 0 Å². The van der Waals surface area contributed by atoms with Gasteiger partial charge in [0, 0.05) is 0 Å². The molecule has 13 atom stereocenters. The Labute approximate surface area is 192 Å². The van der Waals surface area contributed by atoms with Crippen LogP contribution in [0.2, 0.25) is 0 Å². The Morgan fingerprint density at radius 1 is 0.618 bits per heavy atom. The van der Waals surface area contributed by atoms with E-state index in [1.165, 1.54) is 0 Å². The van der Waals surface area contributed by atoms with E-state index < -0.39 is 112 Å². The van der Waals surface area contributed by atoms with Gasteiger partial charge in [0.05, 0.1) is 19.8 Å². The molecule has 0 aromatic heterocycles. The van der Waals surface area contributed by atoms with Crippen LogP contribution in [-0.4, -0.2) is 168 Å². The first kappa shape index (κ1) is 27.9. The minimum absolute atomic E-state index is 0.529. The molecule has 11 N–H and O–H groups in total. The van der Waals surface area contributed by atoms with Crippen molar-refractivity contribution >= 4 is 0 Å². The number of aliphatic hydroxyl groups is 11. The van der Waals surface area contributed by atoms with E-state index >= 15 is 0 Å². The van der Waals surface area contributed by atoms with Gasteiger partial charge in [-0.15, -0.1) is 0 Å². The average Bonchev–Trinajstić information content (AvgIpc) is 2.80. The van der Waals surface area contributed by atoms with Crippen LogP contribution in [0.15, 0.2) is 0 Å². The van der Waals surface area contributed by atoms with E-state index in [2.05, 4.69) is 0 Å². The van der Waals surface area contributed by atoms with Crippen LogP contribution in [0.4, 0.5) is 0 Å². The summed E-state index contributed by atoms with van der Waals surface area (Å²) in [6, 6.07) is 0. The Bertz CT molecular complexity index is 649. The fourth-order valence-corrected chi connectivity index (χ4v) is 3.81. The molecule has 3 aliphatic rings. The second-order valence-corrected chi connectivity index (χ2v) is 8.54. The molecule has 34 heavy (non-hydrogen) atoms. The summed E-state index contributed by atoms with van der Waals surface area (Å²) in [6.07, 6.45) is -21.0. The number of ether oxygens (including phenoxy) is 5. The number of rotatable bonds is 7. The second-order valence-electron chi connectivity index (χ2n) is 8.54. The third kappa shape index (κ3) is 5.68. The standard InChI is InChI=1S/C18H32O16/c19-1-5-8(20)11(23)13(25)16(33-5)31-3-7-9(21)12(24)14(26)17(34-7)30-2-6-10(22)15(27)18(28,29)4-32-6/h5-17,19-29H,1-4H2/t5-,6-,7-,8-,9-,10-,11+,12+,13-,14-,15+,16+,17+/m1/s1. The van der Waals surface area contributed by atoms with E-state index in [0.29, 0.717) is 0 Å². The summed E-state index contributed by atoms with van der Waals surface area (Å²) >= 11 is 0. The van der Waals surface area contributed by atoms with Crippen molar-refractivity contribution in [2.75, 3.05) is 26.4 Å². The summed E-state index contributed by atoms with van der Waals surface area (Å²) in [6.45, 7) is -2.53. The fourth-order valence-electron chi connectivity index (χ4n) is 3.81. The van der Waals surface area contributed by atoms with Crippen molar-refractivity contribution in [2.45, 2.75) is 85.5 Å². The Kier molecular flexibility index (Phi) is 9.18. The molecule has 0 spiro atoms. The molecule has 3 heterocycles. The van der Waals surface area contributed by atoms with Gasteiger partial charge in [0.1, 0.15) is 73.8 Å². The summed E-state index contributed by atoms with van der Waals surface area (Å²) < 4.78 is 26.2. The van der Waals surface area contributed by atoms with Gasteiger partial charge in [-0.2, -0.15) is 0 Å². The molecule has 3 aliphatic heterocycles. The summed E-state index contributed by atoms with van der Waals surface area (Å²) in [5.74, 6) is -2.68. The molecule has 0 unspecified atom stereocenters. The third-order valence-corrected chi connectivity index (χ3v) is 6.05. The molecular formula is C18H32O16. The van der Waals surface area contributed by atoms with E-state index in [-0.39, 0.29) is 0 Å². The Morgan fingerprint density at radius 2 is 1.09 bits per heavy atom. The molecule has 0 saturated carbocycles. The molecule has 0 bridgehead atoms. The van der Waals surface area contributed by atoms with Gasteiger partial charge < -0.3 is 79.9 Å². The molecule has 0 aliphatic carbocycles. The van der Waals surface area contributed by atoms with Crippen LogP contribution in [-0.2, 0) is 23.7 Å². The molecule has 3 rings (SSSR count). The quantitative estimate of drug-likeness (QED) is 0.144. The summed E-state index contributed by atoms with van der Waals surface area (Å²) in [5.41, 5.74) is 0. The highest BCUT2D eigenvalue weighted by Gasteiger charge is 2.50. The zero-order chi connectivity index (χ0) is 25.4. The van der Waals surface area contributed by atoms with Crippen molar-refractivity contribution in [1.29, 1.82) is 0 Å². The SMILES string of the molecule is OC[C@H]1O[C@H](OC[C@H]2O[C@H](OC[C@H]3OCC(O)(O)[C@@H](O)[C@@H]3O)[C@H](O)[C@@H](O)[C@@H]2O)[C@H](O)[C@@H](O)[C@@H]1O. The maximum Gasteiger partial charge on any atom is 0.216 e. The summed E-state index contributed by atoms with van der Waals surface area (Å²) in [7, 11) is 0. The molecule has 16 nitrogen and oxygen atoms in total. The predicted octanol–water partition coefficient (Wildman–Crippen LogP) is -7.57. The average molecular weight is 504 g/mol. The molecule has 200 valence electrons. The van der Waals surface area contributed by atoms with Crippen molar-refractivity contribution in [1.82, 2.24) is 0 Å². The first-order chi connectivity index (χ1) is 15.9. The van der Waals surface area contributed by atoms with E-state index in [4.69, 9.17) is 23.7 Å². The maximum absolute atomic E-state index is 10.2. The summed E-state index contributed by atoms with van der Waals surface area (Å²) in [5, 5.41) is 108. The zero-order valence-corrected chi connectivity index (χ0v) is 17.8. The molecule has 0 aromatic carbocycles. The van der Waals surface area contributed by atoms with Gasteiger partial charge in [-0.3, -0.25) is 0 Å².